The summed E-state index contributed by atoms with van der Waals surface area (Å²) in [5, 5.41) is 22.7. The SMILES string of the molecule is CC1N=CN=C2N([C@@H]3O[C@H](CO)[C@@H](O)[C@H]3OP(=O)(O)O)NC3=CC21CN3N.O. The van der Waals surface area contributed by atoms with Crippen LogP contribution in [-0.2, 0) is 13.8 Å². The summed E-state index contributed by atoms with van der Waals surface area (Å²) in [6.07, 6.45) is -1.93. The van der Waals surface area contributed by atoms with Gasteiger partial charge in [0.25, 0.3) is 0 Å². The smallest absolute Gasteiger partial charge is 0.412 e. The van der Waals surface area contributed by atoms with Gasteiger partial charge in [0.1, 0.15) is 36.3 Å². The summed E-state index contributed by atoms with van der Waals surface area (Å²) in [4.78, 5) is 27.1. The first-order valence-electron chi connectivity index (χ1n) is 8.25. The van der Waals surface area contributed by atoms with E-state index in [1.165, 1.54) is 16.4 Å². The molecule has 2 unspecified atom stereocenters. The van der Waals surface area contributed by atoms with E-state index < -0.39 is 44.4 Å². The number of aliphatic imine (C=N–C) groups is 2. The summed E-state index contributed by atoms with van der Waals surface area (Å²) < 4.78 is 21.8. The van der Waals surface area contributed by atoms with Gasteiger partial charge in [-0.2, -0.15) is 0 Å². The number of phosphoric ester groups is 1. The van der Waals surface area contributed by atoms with E-state index in [0.29, 0.717) is 18.2 Å². The maximum absolute atomic E-state index is 11.4. The molecule has 4 aliphatic rings. The van der Waals surface area contributed by atoms with Gasteiger partial charge in [-0.15, -0.1) is 0 Å². The first-order chi connectivity index (χ1) is 12.7. The van der Waals surface area contributed by atoms with Crippen molar-refractivity contribution < 1.29 is 39.3 Å². The van der Waals surface area contributed by atoms with Gasteiger partial charge in [0, 0.05) is 0 Å². The lowest BCUT2D eigenvalue weighted by atomic mass is 9.79. The van der Waals surface area contributed by atoms with Crippen LogP contribution in [0.5, 0.6) is 0 Å². The number of ether oxygens (including phenoxy) is 1. The van der Waals surface area contributed by atoms with E-state index in [4.69, 9.17) is 15.1 Å². The van der Waals surface area contributed by atoms with Crippen molar-refractivity contribution in [2.45, 2.75) is 37.5 Å². The average molecular weight is 422 g/mol. The van der Waals surface area contributed by atoms with Crippen LogP contribution < -0.4 is 11.3 Å². The Bertz CT molecular complexity index is 772. The second-order valence-corrected chi connectivity index (χ2v) is 8.06. The summed E-state index contributed by atoms with van der Waals surface area (Å²) >= 11 is 0. The summed E-state index contributed by atoms with van der Waals surface area (Å²) in [7, 11) is -4.95. The highest BCUT2D eigenvalue weighted by Gasteiger charge is 2.58. The Hall–Kier alpha value is -1.61. The fourth-order valence-corrected chi connectivity index (χ4v) is 4.39. The molecule has 0 aromatic rings. The van der Waals surface area contributed by atoms with Gasteiger partial charge in [-0.1, -0.05) is 0 Å². The van der Waals surface area contributed by atoms with Crippen molar-refractivity contribution >= 4 is 20.0 Å². The van der Waals surface area contributed by atoms with Crippen LogP contribution in [0.15, 0.2) is 21.9 Å². The van der Waals surface area contributed by atoms with Crippen LogP contribution >= 0.6 is 7.82 Å². The molecule has 9 N–H and O–H groups in total. The molecule has 1 fully saturated rings. The van der Waals surface area contributed by atoms with E-state index in [-0.39, 0.29) is 11.5 Å². The summed E-state index contributed by atoms with van der Waals surface area (Å²) in [5.41, 5.74) is 2.31. The molecular formula is C13H23N6O8P. The average Bonchev–Trinajstić information content (AvgIpc) is 3.03. The standard InChI is InChI=1S/C13H21N6O7P.H2O/c1-6-13-2-8(18(14)4-13)17-19(12(13)16-5-15-6)11-10(26-27(22,23)24)9(21)7(3-20)25-11;/h2,5-7,9-11,17,20-21H,3-4,14H2,1H3,(H2,22,23,24);1H2/t6?,7-,9-,10-,11-,13?;/m1./s1. The van der Waals surface area contributed by atoms with Crippen LogP contribution in [0, 0.1) is 5.41 Å². The minimum Gasteiger partial charge on any atom is -0.412 e. The molecule has 4 heterocycles. The van der Waals surface area contributed by atoms with Crippen LogP contribution in [0.4, 0.5) is 0 Å². The Morgan fingerprint density at radius 2 is 2.25 bits per heavy atom. The molecule has 0 radical (unpaired) electrons. The van der Waals surface area contributed by atoms with E-state index in [2.05, 4.69) is 15.4 Å². The molecule has 1 spiro atoms. The number of nitrogens with one attached hydrogen (secondary N) is 1. The van der Waals surface area contributed by atoms with Gasteiger partial charge in [-0.25, -0.2) is 20.4 Å². The second-order valence-electron chi connectivity index (χ2n) is 6.87. The Labute approximate surface area is 159 Å². The largest absolute Gasteiger partial charge is 0.470 e. The summed E-state index contributed by atoms with van der Waals surface area (Å²) in [6, 6.07) is -0.209. The Morgan fingerprint density at radius 1 is 1.54 bits per heavy atom. The van der Waals surface area contributed by atoms with Gasteiger partial charge in [0.15, 0.2) is 6.23 Å². The summed E-state index contributed by atoms with van der Waals surface area (Å²) in [6.45, 7) is 1.71. The molecule has 0 aromatic carbocycles. The molecule has 14 nitrogen and oxygen atoms in total. The zero-order valence-electron chi connectivity index (χ0n) is 14.8. The number of hydrazine groups is 2. The van der Waals surface area contributed by atoms with Crippen LogP contribution in [0.2, 0.25) is 0 Å². The number of rotatable bonds is 4. The maximum Gasteiger partial charge on any atom is 0.470 e. The van der Waals surface area contributed by atoms with Crippen molar-refractivity contribution in [3.05, 3.63) is 11.9 Å². The predicted octanol–water partition coefficient (Wildman–Crippen LogP) is -3.62. The van der Waals surface area contributed by atoms with E-state index in [1.807, 2.05) is 13.0 Å². The van der Waals surface area contributed by atoms with Gasteiger partial charge >= 0.3 is 7.82 Å². The monoisotopic (exact) mass is 422 g/mol. The quantitative estimate of drug-likeness (QED) is 0.192. The molecule has 2 bridgehead atoms. The van der Waals surface area contributed by atoms with E-state index in [0.717, 1.165) is 0 Å². The lowest BCUT2D eigenvalue weighted by Gasteiger charge is -2.43. The molecule has 0 aromatic heterocycles. The van der Waals surface area contributed by atoms with Crippen LogP contribution in [-0.4, -0.2) is 91.4 Å². The molecule has 4 rings (SSSR count). The third-order valence-electron chi connectivity index (χ3n) is 5.24. The van der Waals surface area contributed by atoms with Gasteiger partial charge in [0.05, 0.1) is 24.6 Å². The zero-order valence-corrected chi connectivity index (χ0v) is 15.7. The number of hydrogen-bond donors (Lipinski definition) is 6. The topological polar surface area (TPSA) is 217 Å². The second kappa shape index (κ2) is 7.02. The molecule has 28 heavy (non-hydrogen) atoms. The molecular weight excluding hydrogens is 399 g/mol. The van der Waals surface area contributed by atoms with Crippen LogP contribution in [0.25, 0.3) is 0 Å². The minimum absolute atomic E-state index is 0. The minimum atomic E-state index is -4.95. The number of phosphoric acid groups is 1. The van der Waals surface area contributed by atoms with Crippen molar-refractivity contribution in [3.8, 4) is 0 Å². The number of aliphatic hydroxyl groups excluding tert-OH is 2. The number of amidine groups is 1. The molecule has 1 saturated heterocycles. The molecule has 158 valence electrons. The highest BCUT2D eigenvalue weighted by atomic mass is 31.2. The normalized spacial score (nSPS) is 39.1. The molecule has 0 amide bonds. The van der Waals surface area contributed by atoms with Crippen molar-refractivity contribution in [2.24, 2.45) is 21.2 Å². The maximum atomic E-state index is 11.4. The first kappa shape index (κ1) is 21.1. The van der Waals surface area contributed by atoms with E-state index >= 15 is 0 Å². The van der Waals surface area contributed by atoms with Gasteiger partial charge in [-0.05, 0) is 13.0 Å². The van der Waals surface area contributed by atoms with Crippen molar-refractivity contribution in [2.75, 3.05) is 13.2 Å². The summed E-state index contributed by atoms with van der Waals surface area (Å²) in [5.74, 6) is 7.03. The van der Waals surface area contributed by atoms with Gasteiger partial charge in [-0.3, -0.25) is 20.0 Å². The zero-order chi connectivity index (χ0) is 19.6. The highest BCUT2D eigenvalue weighted by molar-refractivity contribution is 7.46. The molecule has 0 saturated carbocycles. The molecule has 6 atom stereocenters. The fraction of sp³-hybridized carbons (Fsp3) is 0.692. The Balaban J connectivity index is 0.00000225. The number of nitrogens with two attached hydrogens (primary N) is 1. The van der Waals surface area contributed by atoms with Crippen LogP contribution in [0.3, 0.4) is 0 Å². The highest BCUT2D eigenvalue weighted by Crippen LogP contribution is 2.46. The van der Waals surface area contributed by atoms with E-state index in [1.54, 1.807) is 0 Å². The van der Waals surface area contributed by atoms with Crippen molar-refractivity contribution in [3.63, 3.8) is 0 Å². The lowest BCUT2D eigenvalue weighted by Crippen LogP contribution is -2.62. The Morgan fingerprint density at radius 3 is 2.89 bits per heavy atom. The number of aliphatic hydroxyl groups is 2. The number of nitrogens with zero attached hydrogens (tertiary/aromatic N) is 4. The van der Waals surface area contributed by atoms with Crippen molar-refractivity contribution in [1.29, 1.82) is 0 Å². The fourth-order valence-electron chi connectivity index (χ4n) is 3.85. The molecule has 4 aliphatic heterocycles. The van der Waals surface area contributed by atoms with Crippen LogP contribution in [0.1, 0.15) is 6.92 Å². The number of hydrogen-bond acceptors (Lipinski definition) is 11. The third-order valence-corrected chi connectivity index (χ3v) is 5.76. The van der Waals surface area contributed by atoms with Gasteiger partial charge < -0.3 is 30.2 Å². The van der Waals surface area contributed by atoms with Crippen molar-refractivity contribution in [1.82, 2.24) is 15.4 Å². The third kappa shape index (κ3) is 3.12. The van der Waals surface area contributed by atoms with Gasteiger partial charge in [0.2, 0.25) is 0 Å². The molecule has 15 heteroatoms. The predicted molar refractivity (Wildman–Crippen MR) is 94.1 cm³/mol. The Kier molecular flexibility index (Phi) is 5.29. The lowest BCUT2D eigenvalue weighted by molar-refractivity contribution is -0.0862. The molecule has 0 aliphatic carbocycles. The van der Waals surface area contributed by atoms with E-state index in [9.17, 15) is 24.6 Å². The first-order valence-corrected chi connectivity index (χ1v) is 9.78.